The number of hydrogen-bond donors (Lipinski definition) is 4. The lowest BCUT2D eigenvalue weighted by molar-refractivity contribution is -0.161. The number of rotatable bonds is 12. The Morgan fingerprint density at radius 1 is 1.08 bits per heavy atom. The molecule has 1 fully saturated rings. The maximum atomic E-state index is 12.9. The molecule has 268 valence electrons. The molecule has 17 heteroatoms. The van der Waals surface area contributed by atoms with Crippen LogP contribution in [0.25, 0.3) is 0 Å². The SMILES string of the molecule is CC(C)(C)C(=O)OCOC(=O)N/C(=N/C=N)c1ccc([C@]2(C#N)O[C@H](COC(=O)[C@@H](N)C(C)(C)C)C(O[Si](C)(C)C)C2O[Si](C)(C)C)[nH]1. The molecule has 1 saturated heterocycles. The molecular weight excluding hydrogens is 657 g/mol. The highest BCUT2D eigenvalue weighted by molar-refractivity contribution is 6.70. The van der Waals surface area contributed by atoms with Crippen LogP contribution in [0.4, 0.5) is 4.79 Å². The van der Waals surface area contributed by atoms with Crippen molar-refractivity contribution in [2.24, 2.45) is 21.6 Å². The van der Waals surface area contributed by atoms with Crippen LogP contribution in [0.1, 0.15) is 52.9 Å². The van der Waals surface area contributed by atoms with Crippen molar-refractivity contribution in [3.8, 4) is 6.07 Å². The smallest absolute Gasteiger partial charge is 0.415 e. The van der Waals surface area contributed by atoms with E-state index < -0.39 is 82.2 Å². The van der Waals surface area contributed by atoms with Crippen molar-refractivity contribution in [3.63, 3.8) is 0 Å². The molecule has 1 aromatic rings. The van der Waals surface area contributed by atoms with E-state index in [9.17, 15) is 19.6 Å². The van der Waals surface area contributed by atoms with Crippen LogP contribution in [0.2, 0.25) is 39.3 Å². The second kappa shape index (κ2) is 15.4. The topological polar surface area (TPSA) is 220 Å². The van der Waals surface area contributed by atoms with Gasteiger partial charge in [0.2, 0.25) is 12.4 Å². The number of amidine groups is 1. The Morgan fingerprint density at radius 3 is 2.19 bits per heavy atom. The van der Waals surface area contributed by atoms with E-state index in [4.69, 9.17) is 38.9 Å². The number of aromatic amines is 1. The van der Waals surface area contributed by atoms with Gasteiger partial charge in [-0.25, -0.2) is 9.79 Å². The summed E-state index contributed by atoms with van der Waals surface area (Å²) in [5.41, 5.74) is 3.48. The maximum absolute atomic E-state index is 12.9. The molecule has 15 nitrogen and oxygen atoms in total. The van der Waals surface area contributed by atoms with Crippen LogP contribution < -0.4 is 11.1 Å². The van der Waals surface area contributed by atoms with Crippen molar-refractivity contribution in [3.05, 3.63) is 23.5 Å². The molecule has 0 aliphatic carbocycles. The van der Waals surface area contributed by atoms with E-state index in [0.717, 1.165) is 0 Å². The predicted molar refractivity (Wildman–Crippen MR) is 183 cm³/mol. The summed E-state index contributed by atoms with van der Waals surface area (Å²) in [6, 6.07) is 4.51. The largest absolute Gasteiger partial charge is 0.462 e. The Kier molecular flexibility index (Phi) is 13.1. The van der Waals surface area contributed by atoms with Gasteiger partial charge < -0.3 is 38.5 Å². The fourth-order valence-electron chi connectivity index (χ4n) is 4.45. The Labute approximate surface area is 285 Å². The number of nitrogens with zero attached hydrogens (tertiary/aromatic N) is 2. The zero-order chi connectivity index (χ0) is 36.9. The first-order valence-corrected chi connectivity index (χ1v) is 22.4. The van der Waals surface area contributed by atoms with E-state index in [1.807, 2.05) is 60.1 Å². The highest BCUT2D eigenvalue weighted by Gasteiger charge is 2.61. The van der Waals surface area contributed by atoms with Crippen LogP contribution in [0.5, 0.6) is 0 Å². The highest BCUT2D eigenvalue weighted by Crippen LogP contribution is 2.44. The summed E-state index contributed by atoms with van der Waals surface area (Å²) in [5, 5.41) is 20.7. The van der Waals surface area contributed by atoms with Crippen molar-refractivity contribution >= 4 is 46.8 Å². The summed E-state index contributed by atoms with van der Waals surface area (Å²) in [7, 11) is -4.68. The molecular formula is C31H52N6O9Si2. The zero-order valence-electron chi connectivity index (χ0n) is 30.1. The van der Waals surface area contributed by atoms with Gasteiger partial charge in [-0.15, -0.1) is 0 Å². The summed E-state index contributed by atoms with van der Waals surface area (Å²) in [5.74, 6) is -1.29. The highest BCUT2D eigenvalue weighted by atomic mass is 28.4. The number of esters is 2. The zero-order valence-corrected chi connectivity index (χ0v) is 32.1. The molecule has 2 unspecified atom stereocenters. The lowest BCUT2D eigenvalue weighted by Gasteiger charge is -2.36. The second-order valence-corrected chi connectivity index (χ2v) is 24.5. The lowest BCUT2D eigenvalue weighted by Crippen LogP contribution is -2.51. The molecule has 0 bridgehead atoms. The van der Waals surface area contributed by atoms with E-state index in [1.165, 1.54) is 6.07 Å². The maximum Gasteiger partial charge on any atom is 0.415 e. The number of amides is 1. The van der Waals surface area contributed by atoms with Crippen molar-refractivity contribution in [2.75, 3.05) is 13.4 Å². The standard InChI is InChI=1S/C31H52N6O9Si2/c1-29(2,3)23(34)26(38)41-15-20-22(45-47(7,8)9)24(46-48(10,11)12)31(16-32,44-20)21-14-13-19(36-21)25(35-17-33)37-28(40)43-18-42-27(39)30(4,5)6/h13-14,17,20,22-24,36H,15,18,34H2,1-12H3,(H2,33,35,37,40)/t20-,22?,23-,24?,31+/m1/s1. The third-order valence-electron chi connectivity index (χ3n) is 6.86. The number of aliphatic imine (C=N–C) groups is 1. The summed E-state index contributed by atoms with van der Waals surface area (Å²) >= 11 is 0. The molecule has 1 aromatic heterocycles. The minimum absolute atomic E-state index is 0.117. The first-order valence-electron chi connectivity index (χ1n) is 15.6. The van der Waals surface area contributed by atoms with Gasteiger partial charge in [-0.1, -0.05) is 20.8 Å². The molecule has 0 spiro atoms. The summed E-state index contributed by atoms with van der Waals surface area (Å²) in [4.78, 5) is 44.4. The fourth-order valence-corrected chi connectivity index (χ4v) is 6.60. The van der Waals surface area contributed by atoms with Crippen molar-refractivity contribution < 1.29 is 42.2 Å². The van der Waals surface area contributed by atoms with Crippen LogP contribution in [-0.4, -0.2) is 89.6 Å². The monoisotopic (exact) mass is 708 g/mol. The number of hydrogen-bond acceptors (Lipinski definition) is 12. The Hall–Kier alpha value is -3.41. The quantitative estimate of drug-likeness (QED) is 0.0795. The number of carbonyl (C=O) groups is 3. The number of aromatic nitrogens is 1. The third kappa shape index (κ3) is 11.1. The second-order valence-electron chi connectivity index (χ2n) is 15.6. The number of ether oxygens (including phenoxy) is 4. The Balaban J connectivity index is 2.48. The molecule has 0 aromatic carbocycles. The normalized spacial score (nSPS) is 22.8. The van der Waals surface area contributed by atoms with Gasteiger partial charge in [-0.2, -0.15) is 5.26 Å². The van der Waals surface area contributed by atoms with Gasteiger partial charge in [0.25, 0.3) is 0 Å². The van der Waals surface area contributed by atoms with Gasteiger partial charge in [-0.3, -0.25) is 20.3 Å². The molecule has 2 heterocycles. The Morgan fingerprint density at radius 2 is 1.69 bits per heavy atom. The molecule has 5 N–H and O–H groups in total. The average Bonchev–Trinajstić information content (AvgIpc) is 3.53. The molecule has 1 amide bonds. The molecule has 2 rings (SSSR count). The van der Waals surface area contributed by atoms with Crippen LogP contribution in [0.15, 0.2) is 17.1 Å². The van der Waals surface area contributed by atoms with Crippen molar-refractivity contribution in [1.82, 2.24) is 10.3 Å². The summed E-state index contributed by atoms with van der Waals surface area (Å²) < 4.78 is 35.3. The first kappa shape index (κ1) is 40.8. The van der Waals surface area contributed by atoms with Crippen molar-refractivity contribution in [2.45, 2.75) is 111 Å². The first-order chi connectivity index (χ1) is 21.8. The number of nitrogens with two attached hydrogens (primary N) is 1. The average molecular weight is 709 g/mol. The fraction of sp³-hybridized carbons (Fsp3) is 0.677. The lowest BCUT2D eigenvalue weighted by atomic mass is 9.87. The van der Waals surface area contributed by atoms with Crippen LogP contribution >= 0.6 is 0 Å². The number of alkyl carbamates (subject to hydrolysis) is 1. The predicted octanol–water partition coefficient (Wildman–Crippen LogP) is 4.12. The van der Waals surface area contributed by atoms with Crippen molar-refractivity contribution in [1.29, 1.82) is 10.7 Å². The van der Waals surface area contributed by atoms with Gasteiger partial charge in [0.1, 0.15) is 43.4 Å². The van der Waals surface area contributed by atoms with E-state index >= 15 is 0 Å². The molecule has 1 aliphatic heterocycles. The summed E-state index contributed by atoms with van der Waals surface area (Å²) in [6.07, 6.45) is -2.94. The number of nitrogens with one attached hydrogen (secondary N) is 3. The van der Waals surface area contributed by atoms with E-state index in [1.54, 1.807) is 26.8 Å². The molecule has 5 atom stereocenters. The Bertz CT molecular complexity index is 1400. The summed E-state index contributed by atoms with van der Waals surface area (Å²) in [6.45, 7) is 21.5. The number of carbonyl (C=O) groups excluding carboxylic acids is 3. The van der Waals surface area contributed by atoms with Crippen LogP contribution in [-0.2, 0) is 43.0 Å². The number of nitriles is 1. The van der Waals surface area contributed by atoms with Gasteiger partial charge in [-0.05, 0) is 77.6 Å². The van der Waals surface area contributed by atoms with E-state index in [-0.39, 0.29) is 23.8 Å². The van der Waals surface area contributed by atoms with Gasteiger partial charge in [0.15, 0.2) is 22.5 Å². The van der Waals surface area contributed by atoms with E-state index in [2.05, 4.69) is 21.4 Å². The van der Waals surface area contributed by atoms with Gasteiger partial charge >= 0.3 is 18.0 Å². The minimum atomic E-state index is -2.38. The molecule has 0 radical (unpaired) electrons. The molecule has 1 aliphatic rings. The number of H-pyrrole nitrogens is 1. The van der Waals surface area contributed by atoms with Crippen LogP contribution in [0.3, 0.4) is 0 Å². The minimum Gasteiger partial charge on any atom is -0.462 e. The molecule has 0 saturated carbocycles. The van der Waals surface area contributed by atoms with Crippen LogP contribution in [0, 0.1) is 27.6 Å². The van der Waals surface area contributed by atoms with E-state index in [0.29, 0.717) is 6.34 Å². The molecule has 48 heavy (non-hydrogen) atoms. The third-order valence-corrected chi connectivity index (χ3v) is 8.80. The van der Waals surface area contributed by atoms with Gasteiger partial charge in [0.05, 0.1) is 16.8 Å². The van der Waals surface area contributed by atoms with Gasteiger partial charge in [0, 0.05) is 0 Å².